The van der Waals surface area contributed by atoms with Crippen molar-refractivity contribution in [1.82, 2.24) is 9.88 Å². The van der Waals surface area contributed by atoms with Crippen molar-refractivity contribution in [3.05, 3.63) is 59.2 Å². The zero-order valence-corrected chi connectivity index (χ0v) is 19.9. The molecule has 3 aromatic rings. The van der Waals surface area contributed by atoms with Crippen LogP contribution in [0.3, 0.4) is 0 Å². The third-order valence-corrected chi connectivity index (χ3v) is 6.59. The molecular weight excluding hydrogens is 457 g/mol. The Hall–Kier alpha value is -3.46. The van der Waals surface area contributed by atoms with E-state index in [0.29, 0.717) is 41.8 Å². The van der Waals surface area contributed by atoms with E-state index >= 15 is 0 Å². The smallest absolute Gasteiger partial charge is 0.231 e. The number of hydrogen-bond donors (Lipinski definition) is 1. The van der Waals surface area contributed by atoms with Crippen molar-refractivity contribution < 1.29 is 23.5 Å². The molecule has 1 aromatic heterocycles. The second kappa shape index (κ2) is 10.6. The Bertz CT molecular complexity index is 1170. The number of halogens is 1. The highest BCUT2D eigenvalue weighted by Gasteiger charge is 2.29. The second-order valence-corrected chi connectivity index (χ2v) is 8.93. The first-order valence-corrected chi connectivity index (χ1v) is 11.9. The summed E-state index contributed by atoms with van der Waals surface area (Å²) < 4.78 is 23.8. The largest absolute Gasteiger partial charge is 0.497 e. The van der Waals surface area contributed by atoms with Gasteiger partial charge in [-0.05, 0) is 48.7 Å². The number of nitrogens with zero attached hydrogens (tertiary/aromatic N) is 2. The average Bonchev–Trinajstić information content (AvgIpc) is 3.33. The van der Waals surface area contributed by atoms with Gasteiger partial charge in [-0.1, -0.05) is 12.1 Å². The Balaban J connectivity index is 1.39. The maximum atomic E-state index is 13.1. The number of carbonyl (C=O) groups is 2. The van der Waals surface area contributed by atoms with E-state index in [-0.39, 0.29) is 30.0 Å². The number of ether oxygens (including phenoxy) is 2. The molecule has 0 radical (unpaired) electrons. The number of aromatic nitrogens is 1. The summed E-state index contributed by atoms with van der Waals surface area (Å²) in [6.45, 7) is 0.967. The zero-order chi connectivity index (χ0) is 24.1. The van der Waals surface area contributed by atoms with E-state index in [4.69, 9.17) is 9.47 Å². The number of anilines is 1. The molecule has 1 aliphatic rings. The maximum Gasteiger partial charge on any atom is 0.231 e. The lowest BCUT2D eigenvalue weighted by molar-refractivity contribution is -0.133. The molecule has 2 amide bonds. The molecule has 178 valence electrons. The Morgan fingerprint density at radius 2 is 1.97 bits per heavy atom. The van der Waals surface area contributed by atoms with Gasteiger partial charge in [0.2, 0.25) is 11.8 Å². The topological polar surface area (TPSA) is 80.8 Å². The van der Waals surface area contributed by atoms with Gasteiger partial charge in [0.25, 0.3) is 0 Å². The van der Waals surface area contributed by atoms with Crippen LogP contribution < -0.4 is 14.8 Å². The quantitative estimate of drug-likeness (QED) is 0.539. The van der Waals surface area contributed by atoms with Crippen molar-refractivity contribution >= 4 is 28.3 Å². The van der Waals surface area contributed by atoms with Crippen LogP contribution in [0.4, 0.5) is 9.52 Å². The number of thiazole rings is 1. The van der Waals surface area contributed by atoms with Gasteiger partial charge in [-0.15, -0.1) is 11.3 Å². The van der Waals surface area contributed by atoms with E-state index in [9.17, 15) is 14.0 Å². The molecule has 1 unspecified atom stereocenters. The first-order valence-electron chi connectivity index (χ1n) is 11.0. The first kappa shape index (κ1) is 23.7. The zero-order valence-electron chi connectivity index (χ0n) is 19.0. The molecule has 0 saturated carbocycles. The lowest BCUT2D eigenvalue weighted by Crippen LogP contribution is -2.44. The van der Waals surface area contributed by atoms with Crippen molar-refractivity contribution in [2.24, 2.45) is 5.92 Å². The van der Waals surface area contributed by atoms with Crippen LogP contribution in [0.2, 0.25) is 0 Å². The molecular formula is C25H26FN3O4S. The molecule has 1 N–H and O–H groups in total. The van der Waals surface area contributed by atoms with Gasteiger partial charge in [-0.25, -0.2) is 9.37 Å². The highest BCUT2D eigenvalue weighted by molar-refractivity contribution is 7.14. The molecule has 1 aliphatic heterocycles. The summed E-state index contributed by atoms with van der Waals surface area (Å²) in [6.07, 6.45) is 1.64. The third kappa shape index (κ3) is 5.53. The van der Waals surface area contributed by atoms with E-state index < -0.39 is 0 Å². The standard InChI is InChI=1S/C25H26FN3O4S/c1-32-19-9-10-22(33-2)20(13-19)21-15-34-25(27-21)28-24(31)17-4-3-11-29(14-17)23(30)12-16-5-7-18(26)8-6-16/h5-10,13,15,17H,3-4,11-12,14H2,1-2H3,(H,27,28,31). The predicted molar refractivity (Wildman–Crippen MR) is 129 cm³/mol. The monoisotopic (exact) mass is 483 g/mol. The Morgan fingerprint density at radius 3 is 2.71 bits per heavy atom. The van der Waals surface area contributed by atoms with E-state index in [2.05, 4.69) is 10.3 Å². The summed E-state index contributed by atoms with van der Waals surface area (Å²) in [5.74, 6) is 0.475. The number of carbonyl (C=O) groups excluding carboxylic acids is 2. The molecule has 0 bridgehead atoms. The van der Waals surface area contributed by atoms with Crippen LogP contribution >= 0.6 is 11.3 Å². The Morgan fingerprint density at radius 1 is 1.18 bits per heavy atom. The number of piperidine rings is 1. The molecule has 1 fully saturated rings. The molecule has 1 atom stereocenters. The molecule has 0 aliphatic carbocycles. The van der Waals surface area contributed by atoms with Crippen molar-refractivity contribution in [1.29, 1.82) is 0 Å². The highest BCUT2D eigenvalue weighted by Crippen LogP contribution is 2.35. The van der Waals surface area contributed by atoms with Crippen molar-refractivity contribution in [2.75, 3.05) is 32.6 Å². The van der Waals surface area contributed by atoms with Crippen LogP contribution in [-0.4, -0.2) is 49.0 Å². The lowest BCUT2D eigenvalue weighted by atomic mass is 9.96. The van der Waals surface area contributed by atoms with E-state index in [1.54, 1.807) is 31.3 Å². The minimum absolute atomic E-state index is 0.0641. The van der Waals surface area contributed by atoms with Crippen LogP contribution in [0, 0.1) is 11.7 Å². The van der Waals surface area contributed by atoms with Crippen LogP contribution in [0.15, 0.2) is 47.8 Å². The fourth-order valence-electron chi connectivity index (χ4n) is 3.98. The number of methoxy groups -OCH3 is 2. The lowest BCUT2D eigenvalue weighted by Gasteiger charge is -2.32. The van der Waals surface area contributed by atoms with Crippen molar-refractivity contribution in [2.45, 2.75) is 19.3 Å². The highest BCUT2D eigenvalue weighted by atomic mass is 32.1. The van der Waals surface area contributed by atoms with Gasteiger partial charge < -0.3 is 19.7 Å². The van der Waals surface area contributed by atoms with E-state index in [1.165, 1.54) is 23.5 Å². The molecule has 34 heavy (non-hydrogen) atoms. The maximum absolute atomic E-state index is 13.1. The summed E-state index contributed by atoms with van der Waals surface area (Å²) in [6, 6.07) is 11.4. The Kier molecular flexibility index (Phi) is 7.42. The normalized spacial score (nSPS) is 15.6. The minimum Gasteiger partial charge on any atom is -0.497 e. The molecule has 2 heterocycles. The predicted octanol–water partition coefficient (Wildman–Crippen LogP) is 4.39. The summed E-state index contributed by atoms with van der Waals surface area (Å²) in [5, 5.41) is 5.24. The van der Waals surface area contributed by atoms with Gasteiger partial charge >= 0.3 is 0 Å². The molecule has 4 rings (SSSR count). The summed E-state index contributed by atoms with van der Waals surface area (Å²) >= 11 is 1.33. The van der Waals surface area contributed by atoms with Gasteiger partial charge in [0.15, 0.2) is 5.13 Å². The van der Waals surface area contributed by atoms with Crippen LogP contribution in [0.5, 0.6) is 11.5 Å². The number of benzene rings is 2. The number of amides is 2. The fourth-order valence-corrected chi connectivity index (χ4v) is 4.70. The minimum atomic E-state index is -0.332. The van der Waals surface area contributed by atoms with Crippen LogP contribution in [-0.2, 0) is 16.0 Å². The van der Waals surface area contributed by atoms with Gasteiger partial charge in [0, 0.05) is 24.0 Å². The van der Waals surface area contributed by atoms with Crippen molar-refractivity contribution in [3.63, 3.8) is 0 Å². The Labute approximate surface area is 201 Å². The number of rotatable bonds is 7. The van der Waals surface area contributed by atoms with Gasteiger partial charge in [-0.2, -0.15) is 0 Å². The SMILES string of the molecule is COc1ccc(OC)c(-c2csc(NC(=O)C3CCCN(C(=O)Cc4ccc(F)cc4)C3)n2)c1. The average molecular weight is 484 g/mol. The van der Waals surface area contributed by atoms with Crippen LogP contribution in [0.25, 0.3) is 11.3 Å². The van der Waals surface area contributed by atoms with Gasteiger partial charge in [-0.3, -0.25) is 9.59 Å². The summed E-state index contributed by atoms with van der Waals surface area (Å²) in [7, 11) is 3.18. The van der Waals surface area contributed by atoms with E-state index in [1.807, 2.05) is 23.6 Å². The third-order valence-electron chi connectivity index (χ3n) is 5.83. The van der Waals surface area contributed by atoms with Gasteiger partial charge in [0.05, 0.1) is 32.3 Å². The van der Waals surface area contributed by atoms with Crippen LogP contribution in [0.1, 0.15) is 18.4 Å². The van der Waals surface area contributed by atoms with Gasteiger partial charge in [0.1, 0.15) is 17.3 Å². The molecule has 9 heteroatoms. The first-order chi connectivity index (χ1) is 16.5. The molecule has 0 spiro atoms. The van der Waals surface area contributed by atoms with Crippen molar-refractivity contribution in [3.8, 4) is 22.8 Å². The molecule has 2 aromatic carbocycles. The summed E-state index contributed by atoms with van der Waals surface area (Å²) in [5.41, 5.74) is 2.20. The number of nitrogens with one attached hydrogen (secondary N) is 1. The number of hydrogen-bond acceptors (Lipinski definition) is 6. The molecule has 1 saturated heterocycles. The van der Waals surface area contributed by atoms with E-state index in [0.717, 1.165) is 17.5 Å². The molecule has 7 nitrogen and oxygen atoms in total. The second-order valence-electron chi connectivity index (χ2n) is 8.08. The fraction of sp³-hybridized carbons (Fsp3) is 0.320. The summed E-state index contributed by atoms with van der Waals surface area (Å²) in [4.78, 5) is 31.9. The number of likely N-dealkylation sites (tertiary alicyclic amines) is 1.